The van der Waals surface area contributed by atoms with Gasteiger partial charge in [-0.3, -0.25) is 0 Å². The number of ether oxygens (including phenoxy) is 1. The zero-order valence-electron chi connectivity index (χ0n) is 8.59. The molecule has 1 aromatic rings. The van der Waals surface area contributed by atoms with E-state index in [0.717, 1.165) is 0 Å². The fraction of sp³-hybridized carbons (Fsp3) is 0.455. The Labute approximate surface area is 84.1 Å². The number of para-hydroxylation sites is 1. The van der Waals surface area contributed by atoms with Gasteiger partial charge in [-0.15, -0.1) is 0 Å². The van der Waals surface area contributed by atoms with Crippen LogP contribution in [-0.4, -0.2) is 20.2 Å². The van der Waals surface area contributed by atoms with E-state index in [-0.39, 0.29) is 0 Å². The maximum Gasteiger partial charge on any atom is 0.141 e. The second kappa shape index (κ2) is 5.60. The number of nitrogens with one attached hydrogen (secondary N) is 1. The molecule has 0 amide bonds. The molecule has 1 rings (SSSR count). The lowest BCUT2D eigenvalue weighted by molar-refractivity contribution is 0.298. The Hall–Kier alpha value is -1.09. The van der Waals surface area contributed by atoms with E-state index in [1.807, 2.05) is 19.1 Å². The highest BCUT2D eigenvalue weighted by Gasteiger charge is 2.13. The van der Waals surface area contributed by atoms with Crippen molar-refractivity contribution >= 4 is 0 Å². The Morgan fingerprint density at radius 2 is 2.14 bits per heavy atom. The van der Waals surface area contributed by atoms with E-state index in [0.29, 0.717) is 24.5 Å². The Balaban J connectivity index is 2.82. The smallest absolute Gasteiger partial charge is 0.141 e. The van der Waals surface area contributed by atoms with Crippen molar-refractivity contribution in [3.63, 3.8) is 0 Å². The maximum atomic E-state index is 13.6. The summed E-state index contributed by atoms with van der Waals surface area (Å²) in [5.74, 6) is 0.637. The first kappa shape index (κ1) is 11.0. The number of likely N-dealkylation sites (N-methyl/N-ethyl adjacent to an activating group) is 1. The summed E-state index contributed by atoms with van der Waals surface area (Å²) in [6, 6.07) is 7.22. The quantitative estimate of drug-likeness (QED) is 0.782. The van der Waals surface area contributed by atoms with Crippen molar-refractivity contribution in [1.82, 2.24) is 5.32 Å². The van der Waals surface area contributed by atoms with Gasteiger partial charge in [-0.2, -0.15) is 0 Å². The topological polar surface area (TPSA) is 21.3 Å². The molecular weight excluding hydrogens is 181 g/mol. The maximum absolute atomic E-state index is 13.6. The van der Waals surface area contributed by atoms with Gasteiger partial charge in [0.05, 0.1) is 6.61 Å². The van der Waals surface area contributed by atoms with E-state index in [1.54, 1.807) is 19.2 Å². The van der Waals surface area contributed by atoms with Gasteiger partial charge in [0, 0.05) is 12.1 Å². The molecule has 1 atom stereocenters. The second-order valence-corrected chi connectivity index (χ2v) is 3.00. The lowest BCUT2D eigenvalue weighted by Crippen LogP contribution is -2.14. The third kappa shape index (κ3) is 2.70. The summed E-state index contributed by atoms with van der Waals surface area (Å²) < 4.78 is 18.9. The molecule has 2 nitrogen and oxygen atoms in total. The van der Waals surface area contributed by atoms with Gasteiger partial charge in [0.1, 0.15) is 11.9 Å². The SMILES string of the molecule is CCOc1ccccc1C(F)CNC. The fourth-order valence-electron chi connectivity index (χ4n) is 1.32. The molecule has 0 bridgehead atoms. The molecule has 0 aliphatic carbocycles. The summed E-state index contributed by atoms with van der Waals surface area (Å²) in [5.41, 5.74) is 0.615. The molecule has 0 saturated heterocycles. The molecule has 1 aromatic carbocycles. The predicted octanol–water partition coefficient (Wildman–Crippen LogP) is 2.32. The number of rotatable bonds is 5. The van der Waals surface area contributed by atoms with E-state index >= 15 is 0 Å². The lowest BCUT2D eigenvalue weighted by atomic mass is 10.1. The molecule has 0 radical (unpaired) electrons. The van der Waals surface area contributed by atoms with Gasteiger partial charge in [-0.25, -0.2) is 4.39 Å². The van der Waals surface area contributed by atoms with Gasteiger partial charge < -0.3 is 10.1 Å². The molecule has 0 fully saturated rings. The third-order valence-electron chi connectivity index (χ3n) is 1.94. The van der Waals surface area contributed by atoms with Crippen molar-refractivity contribution in [2.45, 2.75) is 13.1 Å². The predicted molar refractivity (Wildman–Crippen MR) is 55.4 cm³/mol. The fourth-order valence-corrected chi connectivity index (χ4v) is 1.32. The largest absolute Gasteiger partial charge is 0.493 e. The average molecular weight is 197 g/mol. The molecule has 0 aliphatic heterocycles. The molecule has 0 saturated carbocycles. The van der Waals surface area contributed by atoms with Crippen LogP contribution in [-0.2, 0) is 0 Å². The summed E-state index contributed by atoms with van der Waals surface area (Å²) >= 11 is 0. The number of hydrogen-bond donors (Lipinski definition) is 1. The molecule has 14 heavy (non-hydrogen) atoms. The summed E-state index contributed by atoms with van der Waals surface area (Å²) in [4.78, 5) is 0. The van der Waals surface area contributed by atoms with Crippen LogP contribution >= 0.6 is 0 Å². The normalized spacial score (nSPS) is 12.5. The second-order valence-electron chi connectivity index (χ2n) is 3.00. The van der Waals surface area contributed by atoms with Crippen molar-refractivity contribution in [3.8, 4) is 5.75 Å². The number of hydrogen-bond acceptors (Lipinski definition) is 2. The minimum Gasteiger partial charge on any atom is -0.493 e. The van der Waals surface area contributed by atoms with Crippen LogP contribution in [0.15, 0.2) is 24.3 Å². The van der Waals surface area contributed by atoms with Crippen LogP contribution in [0, 0.1) is 0 Å². The van der Waals surface area contributed by atoms with Crippen LogP contribution < -0.4 is 10.1 Å². The van der Waals surface area contributed by atoms with Gasteiger partial charge in [0.15, 0.2) is 0 Å². The molecule has 0 spiro atoms. The van der Waals surface area contributed by atoms with Crippen molar-refractivity contribution in [1.29, 1.82) is 0 Å². The average Bonchev–Trinajstić information content (AvgIpc) is 2.19. The third-order valence-corrected chi connectivity index (χ3v) is 1.94. The first-order valence-electron chi connectivity index (χ1n) is 4.80. The molecule has 78 valence electrons. The number of benzene rings is 1. The molecule has 1 N–H and O–H groups in total. The van der Waals surface area contributed by atoms with Crippen molar-refractivity contribution < 1.29 is 9.13 Å². The number of halogens is 1. The molecular formula is C11H16FNO. The highest BCUT2D eigenvalue weighted by Crippen LogP contribution is 2.26. The summed E-state index contributed by atoms with van der Waals surface area (Å²) in [6.45, 7) is 2.76. The van der Waals surface area contributed by atoms with Crippen LogP contribution in [0.25, 0.3) is 0 Å². The van der Waals surface area contributed by atoms with Gasteiger partial charge in [0.2, 0.25) is 0 Å². The number of alkyl halides is 1. The van der Waals surface area contributed by atoms with Crippen molar-refractivity contribution in [2.75, 3.05) is 20.2 Å². The van der Waals surface area contributed by atoms with Crippen LogP contribution in [0.3, 0.4) is 0 Å². The Morgan fingerprint density at radius 1 is 1.43 bits per heavy atom. The highest BCUT2D eigenvalue weighted by atomic mass is 19.1. The van der Waals surface area contributed by atoms with Gasteiger partial charge in [-0.1, -0.05) is 18.2 Å². The van der Waals surface area contributed by atoms with Crippen LogP contribution in [0.2, 0.25) is 0 Å². The summed E-state index contributed by atoms with van der Waals surface area (Å²) in [6.07, 6.45) is -1.01. The monoisotopic (exact) mass is 197 g/mol. The van der Waals surface area contributed by atoms with Gasteiger partial charge in [-0.05, 0) is 20.0 Å². The Morgan fingerprint density at radius 3 is 2.79 bits per heavy atom. The van der Waals surface area contributed by atoms with E-state index in [1.165, 1.54) is 0 Å². The van der Waals surface area contributed by atoms with E-state index < -0.39 is 6.17 Å². The van der Waals surface area contributed by atoms with E-state index in [4.69, 9.17) is 4.74 Å². The Bertz CT molecular complexity index is 278. The first-order valence-corrected chi connectivity index (χ1v) is 4.80. The molecule has 3 heteroatoms. The molecule has 0 heterocycles. The van der Waals surface area contributed by atoms with E-state index in [9.17, 15) is 4.39 Å². The summed E-state index contributed by atoms with van der Waals surface area (Å²) in [5, 5.41) is 2.80. The highest BCUT2D eigenvalue weighted by molar-refractivity contribution is 5.35. The van der Waals surface area contributed by atoms with Crippen LogP contribution in [0.5, 0.6) is 5.75 Å². The zero-order chi connectivity index (χ0) is 10.4. The van der Waals surface area contributed by atoms with Crippen molar-refractivity contribution in [2.24, 2.45) is 0 Å². The lowest BCUT2D eigenvalue weighted by Gasteiger charge is -2.13. The molecule has 1 unspecified atom stereocenters. The first-order chi connectivity index (χ1) is 6.79. The van der Waals surface area contributed by atoms with Crippen molar-refractivity contribution in [3.05, 3.63) is 29.8 Å². The Kier molecular flexibility index (Phi) is 4.40. The zero-order valence-corrected chi connectivity index (χ0v) is 8.59. The van der Waals surface area contributed by atoms with Crippen LogP contribution in [0.1, 0.15) is 18.7 Å². The van der Waals surface area contributed by atoms with E-state index in [2.05, 4.69) is 5.32 Å². The van der Waals surface area contributed by atoms with Crippen LogP contribution in [0.4, 0.5) is 4.39 Å². The van der Waals surface area contributed by atoms with Gasteiger partial charge >= 0.3 is 0 Å². The van der Waals surface area contributed by atoms with Gasteiger partial charge in [0.25, 0.3) is 0 Å². The molecule has 0 aromatic heterocycles. The molecule has 0 aliphatic rings. The minimum atomic E-state index is -1.01. The minimum absolute atomic E-state index is 0.310. The summed E-state index contributed by atoms with van der Waals surface area (Å²) in [7, 11) is 1.73. The standard InChI is InChI=1S/C11H16FNO/c1-3-14-11-7-5-4-6-9(11)10(12)8-13-2/h4-7,10,13H,3,8H2,1-2H3.